The molecule has 4 rings (SSSR count). The lowest BCUT2D eigenvalue weighted by Gasteiger charge is -2.27. The van der Waals surface area contributed by atoms with Gasteiger partial charge in [-0.25, -0.2) is 12.8 Å². The van der Waals surface area contributed by atoms with Gasteiger partial charge in [0, 0.05) is 0 Å². The van der Waals surface area contributed by atoms with Crippen LogP contribution in [0.1, 0.15) is 22.7 Å². The Kier molecular flexibility index (Phi) is 7.89. The van der Waals surface area contributed by atoms with Gasteiger partial charge in [-0.1, -0.05) is 66.7 Å². The largest absolute Gasteiger partial charge is 0.495 e. The molecule has 0 bridgehead atoms. The Morgan fingerprint density at radius 3 is 2.00 bits per heavy atom. The van der Waals surface area contributed by atoms with Crippen LogP contribution in [0.3, 0.4) is 0 Å². The summed E-state index contributed by atoms with van der Waals surface area (Å²) >= 11 is 0. The predicted octanol–water partition coefficient (Wildman–Crippen LogP) is 5.24. The topological polar surface area (TPSA) is 75.7 Å². The van der Waals surface area contributed by atoms with E-state index in [2.05, 4.69) is 5.32 Å². The molecule has 4 aromatic carbocycles. The number of hydrogen-bond acceptors (Lipinski definition) is 4. The average molecular weight is 519 g/mol. The number of carbonyl (C=O) groups is 1. The molecule has 0 saturated carbocycles. The first kappa shape index (κ1) is 25.9. The van der Waals surface area contributed by atoms with Crippen molar-refractivity contribution < 1.29 is 22.3 Å². The third-order valence-electron chi connectivity index (χ3n) is 5.86. The third kappa shape index (κ3) is 5.98. The summed E-state index contributed by atoms with van der Waals surface area (Å²) in [5.41, 5.74) is 2.55. The molecule has 0 heterocycles. The van der Waals surface area contributed by atoms with E-state index in [0.29, 0.717) is 5.56 Å². The van der Waals surface area contributed by atoms with E-state index in [9.17, 15) is 17.6 Å². The van der Waals surface area contributed by atoms with Gasteiger partial charge in [-0.2, -0.15) is 0 Å². The smallest absolute Gasteiger partial charge is 0.268 e. The van der Waals surface area contributed by atoms with Gasteiger partial charge in [0.25, 0.3) is 10.0 Å². The lowest BCUT2D eigenvalue weighted by molar-refractivity contribution is -0.120. The molecule has 1 N–H and O–H groups in total. The van der Waals surface area contributed by atoms with Crippen LogP contribution in [0.2, 0.25) is 0 Å². The van der Waals surface area contributed by atoms with Crippen LogP contribution in [0.25, 0.3) is 0 Å². The maximum atomic E-state index is 13.9. The zero-order valence-electron chi connectivity index (χ0n) is 20.5. The summed E-state index contributed by atoms with van der Waals surface area (Å²) in [5.74, 6) is -0.909. The van der Waals surface area contributed by atoms with Crippen LogP contribution in [0, 0.1) is 12.7 Å². The van der Waals surface area contributed by atoms with Crippen LogP contribution in [0.15, 0.2) is 108 Å². The molecule has 37 heavy (non-hydrogen) atoms. The normalized spacial score (nSPS) is 11.2. The Hall–Kier alpha value is -4.17. The fourth-order valence-corrected chi connectivity index (χ4v) is 5.68. The molecule has 1 amide bonds. The van der Waals surface area contributed by atoms with Crippen molar-refractivity contribution in [2.24, 2.45) is 0 Å². The van der Waals surface area contributed by atoms with Gasteiger partial charge in [-0.05, 0) is 60.0 Å². The lowest BCUT2D eigenvalue weighted by atomic mass is 9.99. The summed E-state index contributed by atoms with van der Waals surface area (Å²) in [6, 6.07) is 28.1. The van der Waals surface area contributed by atoms with Gasteiger partial charge in [0.1, 0.15) is 23.0 Å². The third-order valence-corrected chi connectivity index (χ3v) is 7.66. The van der Waals surface area contributed by atoms with E-state index in [1.807, 2.05) is 60.7 Å². The second-order valence-electron chi connectivity index (χ2n) is 8.46. The van der Waals surface area contributed by atoms with Crippen molar-refractivity contribution in [2.45, 2.75) is 17.9 Å². The van der Waals surface area contributed by atoms with E-state index in [1.54, 1.807) is 19.1 Å². The number of sulfonamides is 1. The number of hydrogen-bond donors (Lipinski definition) is 1. The highest BCUT2D eigenvalue weighted by Crippen LogP contribution is 2.31. The fraction of sp³-hybridized carbons (Fsp3) is 0.138. The molecule has 0 unspecified atom stereocenters. The van der Waals surface area contributed by atoms with Crippen LogP contribution in [-0.4, -0.2) is 28.0 Å². The Morgan fingerprint density at radius 1 is 0.892 bits per heavy atom. The number of amides is 1. The van der Waals surface area contributed by atoms with E-state index in [0.717, 1.165) is 27.6 Å². The maximum Gasteiger partial charge on any atom is 0.268 e. The van der Waals surface area contributed by atoms with Crippen molar-refractivity contribution >= 4 is 21.6 Å². The molecule has 0 fully saturated rings. The number of halogens is 1. The Balaban J connectivity index is 1.72. The molecule has 0 radical (unpaired) electrons. The van der Waals surface area contributed by atoms with Gasteiger partial charge < -0.3 is 10.1 Å². The summed E-state index contributed by atoms with van der Waals surface area (Å²) in [7, 11) is -2.89. The van der Waals surface area contributed by atoms with Crippen molar-refractivity contribution in [3.05, 3.63) is 126 Å². The summed E-state index contributed by atoms with van der Waals surface area (Å²) in [6.07, 6.45) is 0. The molecule has 190 valence electrons. The monoisotopic (exact) mass is 518 g/mol. The number of ether oxygens (including phenoxy) is 1. The zero-order valence-corrected chi connectivity index (χ0v) is 21.3. The van der Waals surface area contributed by atoms with E-state index < -0.39 is 34.3 Å². The number of nitrogens with zero attached hydrogens (tertiary/aromatic N) is 1. The van der Waals surface area contributed by atoms with Gasteiger partial charge >= 0.3 is 0 Å². The van der Waals surface area contributed by atoms with E-state index >= 15 is 0 Å². The number of anilines is 1. The maximum absolute atomic E-state index is 13.9. The van der Waals surface area contributed by atoms with Crippen LogP contribution in [0.5, 0.6) is 5.75 Å². The van der Waals surface area contributed by atoms with Crippen molar-refractivity contribution in [1.82, 2.24) is 5.32 Å². The Morgan fingerprint density at radius 2 is 1.46 bits per heavy atom. The summed E-state index contributed by atoms with van der Waals surface area (Å²) in [6.45, 7) is 1.24. The molecule has 0 spiro atoms. The van der Waals surface area contributed by atoms with Gasteiger partial charge in [0.05, 0.1) is 18.8 Å². The standard InChI is InChI=1S/C29H27FN2O4S/c1-21-13-18-26(36-2)27(19-21)37(34,35)32(25-16-14-24(30)15-17-25)20-28(33)31-29(22-9-5-3-6-10-22)23-11-7-4-8-12-23/h3-19,29H,20H2,1-2H3,(H,31,33). The summed E-state index contributed by atoms with van der Waals surface area (Å²) < 4.78 is 47.7. The summed E-state index contributed by atoms with van der Waals surface area (Å²) in [4.78, 5) is 13.3. The highest BCUT2D eigenvalue weighted by Gasteiger charge is 2.31. The van der Waals surface area contributed by atoms with Crippen LogP contribution in [0.4, 0.5) is 10.1 Å². The molecular formula is C29H27FN2O4S. The summed E-state index contributed by atoms with van der Waals surface area (Å²) in [5, 5.41) is 2.97. The Labute approximate surface area is 216 Å². The molecule has 8 heteroatoms. The fourth-order valence-electron chi connectivity index (χ4n) is 4.01. The molecule has 0 atom stereocenters. The second kappa shape index (κ2) is 11.3. The molecule has 0 aliphatic carbocycles. The molecule has 0 aromatic heterocycles. The van der Waals surface area contributed by atoms with Crippen LogP contribution >= 0.6 is 0 Å². The number of methoxy groups -OCH3 is 1. The molecule has 0 saturated heterocycles. The first-order valence-electron chi connectivity index (χ1n) is 11.6. The van der Waals surface area contributed by atoms with Crippen molar-refractivity contribution in [3.63, 3.8) is 0 Å². The van der Waals surface area contributed by atoms with E-state index in [4.69, 9.17) is 4.74 Å². The van der Waals surface area contributed by atoms with Gasteiger partial charge in [0.15, 0.2) is 0 Å². The van der Waals surface area contributed by atoms with E-state index in [-0.39, 0.29) is 16.3 Å². The van der Waals surface area contributed by atoms with Crippen LogP contribution < -0.4 is 14.4 Å². The molecule has 6 nitrogen and oxygen atoms in total. The highest BCUT2D eigenvalue weighted by atomic mass is 32.2. The average Bonchev–Trinajstić information content (AvgIpc) is 2.92. The molecule has 0 aliphatic rings. The van der Waals surface area contributed by atoms with Gasteiger partial charge in [-0.3, -0.25) is 9.10 Å². The minimum Gasteiger partial charge on any atom is -0.495 e. The zero-order chi connectivity index (χ0) is 26.4. The number of benzene rings is 4. The number of nitrogens with one attached hydrogen (secondary N) is 1. The van der Waals surface area contributed by atoms with Crippen molar-refractivity contribution in [3.8, 4) is 5.75 Å². The Bertz CT molecular complexity index is 1420. The second-order valence-corrected chi connectivity index (χ2v) is 10.3. The number of rotatable bonds is 9. The highest BCUT2D eigenvalue weighted by molar-refractivity contribution is 7.93. The number of aryl methyl sites for hydroxylation is 1. The first-order valence-corrected chi connectivity index (χ1v) is 13.1. The van der Waals surface area contributed by atoms with Crippen LogP contribution in [-0.2, 0) is 14.8 Å². The molecule has 4 aromatic rings. The minimum absolute atomic E-state index is 0.0882. The van der Waals surface area contributed by atoms with Gasteiger partial charge in [-0.15, -0.1) is 0 Å². The molecular weight excluding hydrogens is 491 g/mol. The van der Waals surface area contributed by atoms with E-state index in [1.165, 1.54) is 25.3 Å². The van der Waals surface area contributed by atoms with Gasteiger partial charge in [0.2, 0.25) is 5.91 Å². The van der Waals surface area contributed by atoms with Crippen molar-refractivity contribution in [2.75, 3.05) is 18.0 Å². The van der Waals surface area contributed by atoms with Crippen molar-refractivity contribution in [1.29, 1.82) is 0 Å². The molecule has 0 aliphatic heterocycles. The minimum atomic E-state index is -4.27. The first-order chi connectivity index (χ1) is 17.8. The quantitative estimate of drug-likeness (QED) is 0.329. The lowest BCUT2D eigenvalue weighted by Crippen LogP contribution is -2.42. The SMILES string of the molecule is COc1ccc(C)cc1S(=O)(=O)N(CC(=O)NC(c1ccccc1)c1ccccc1)c1ccc(F)cc1. The predicted molar refractivity (Wildman–Crippen MR) is 142 cm³/mol. The number of carbonyl (C=O) groups excluding carboxylic acids is 1.